The van der Waals surface area contributed by atoms with Gasteiger partial charge in [0.2, 0.25) is 0 Å². The minimum Gasteiger partial charge on any atom is -0.352 e. The molecule has 1 heterocycles. The largest absolute Gasteiger partial charge is 0.352 e. The van der Waals surface area contributed by atoms with E-state index in [1.54, 1.807) is 19.1 Å². The van der Waals surface area contributed by atoms with E-state index in [9.17, 15) is 14.9 Å². The summed E-state index contributed by atoms with van der Waals surface area (Å²) >= 11 is 0. The lowest BCUT2D eigenvalue weighted by Gasteiger charge is -2.14. The zero-order valence-electron chi connectivity index (χ0n) is 14.4. The van der Waals surface area contributed by atoms with Gasteiger partial charge < -0.3 is 5.32 Å². The Bertz CT molecular complexity index is 767. The third kappa shape index (κ3) is 4.18. The summed E-state index contributed by atoms with van der Waals surface area (Å²) in [5, 5.41) is 18.2. The topological polar surface area (TPSA) is 90.1 Å². The molecule has 0 radical (unpaired) electrons. The molecular weight excluding hydrogens is 308 g/mol. The molecule has 2 aromatic rings. The molecule has 1 aromatic heterocycles. The van der Waals surface area contributed by atoms with Gasteiger partial charge in [-0.2, -0.15) is 5.10 Å². The smallest absolute Gasteiger partial charge is 0.273 e. The number of rotatable bonds is 6. The van der Waals surface area contributed by atoms with Gasteiger partial charge in [-0.25, -0.2) is 0 Å². The number of benzene rings is 1. The lowest BCUT2D eigenvalue weighted by atomic mass is 10.1. The Morgan fingerprint density at radius 3 is 2.62 bits per heavy atom. The van der Waals surface area contributed by atoms with E-state index in [4.69, 9.17) is 0 Å². The van der Waals surface area contributed by atoms with Crippen LogP contribution in [0.25, 0.3) is 0 Å². The highest BCUT2D eigenvalue weighted by Crippen LogP contribution is 2.19. The van der Waals surface area contributed by atoms with Gasteiger partial charge in [-0.3, -0.25) is 19.6 Å². The van der Waals surface area contributed by atoms with Crippen molar-refractivity contribution in [1.29, 1.82) is 0 Å². The normalized spacial score (nSPS) is 12.0. The number of hydrogen-bond donors (Lipinski definition) is 1. The lowest BCUT2D eigenvalue weighted by molar-refractivity contribution is -0.385. The van der Waals surface area contributed by atoms with Crippen molar-refractivity contribution in [3.63, 3.8) is 0 Å². The van der Waals surface area contributed by atoms with Crippen molar-refractivity contribution in [3.05, 3.63) is 56.9 Å². The van der Waals surface area contributed by atoms with Gasteiger partial charge in [0, 0.05) is 36.0 Å². The monoisotopic (exact) mass is 330 g/mol. The predicted octanol–water partition coefficient (Wildman–Crippen LogP) is 2.78. The Balaban J connectivity index is 1.96. The van der Waals surface area contributed by atoms with Gasteiger partial charge in [0.15, 0.2) is 0 Å². The summed E-state index contributed by atoms with van der Waals surface area (Å²) in [5.41, 5.74) is 2.84. The van der Waals surface area contributed by atoms with Gasteiger partial charge in [-0.15, -0.1) is 0 Å². The second-order valence-electron chi connectivity index (χ2n) is 6.18. The van der Waals surface area contributed by atoms with Crippen molar-refractivity contribution in [2.75, 3.05) is 6.54 Å². The molecule has 7 nitrogen and oxygen atoms in total. The summed E-state index contributed by atoms with van der Waals surface area (Å²) in [6, 6.07) is 6.52. The number of nitrogens with one attached hydrogen (secondary N) is 1. The van der Waals surface area contributed by atoms with Crippen LogP contribution in [-0.4, -0.2) is 27.2 Å². The van der Waals surface area contributed by atoms with E-state index in [2.05, 4.69) is 10.4 Å². The Morgan fingerprint density at radius 1 is 1.33 bits per heavy atom. The molecule has 0 aliphatic heterocycles. The van der Waals surface area contributed by atoms with Crippen molar-refractivity contribution in [2.24, 2.45) is 5.92 Å². The maximum absolute atomic E-state index is 12.2. The Hall–Kier alpha value is -2.70. The van der Waals surface area contributed by atoms with E-state index in [1.165, 1.54) is 6.07 Å². The molecule has 0 fully saturated rings. The quantitative estimate of drug-likeness (QED) is 0.651. The van der Waals surface area contributed by atoms with Crippen LogP contribution < -0.4 is 5.32 Å². The van der Waals surface area contributed by atoms with Crippen molar-refractivity contribution >= 4 is 11.6 Å². The number of carbonyl (C=O) groups is 1. The fraction of sp³-hybridized carbons (Fsp3) is 0.412. The highest BCUT2D eigenvalue weighted by Gasteiger charge is 2.15. The van der Waals surface area contributed by atoms with E-state index in [-0.39, 0.29) is 17.5 Å². The molecule has 0 aliphatic carbocycles. The van der Waals surface area contributed by atoms with Crippen LogP contribution >= 0.6 is 0 Å². The zero-order valence-corrected chi connectivity index (χ0v) is 14.4. The van der Waals surface area contributed by atoms with E-state index < -0.39 is 4.92 Å². The van der Waals surface area contributed by atoms with Gasteiger partial charge in [0.25, 0.3) is 11.6 Å². The SMILES string of the molecule is Cc1cc(C)n(C[C@H](C)CNC(=O)c2ccc(C)c([N+](=O)[O-])c2)n1. The number of nitro benzene ring substituents is 1. The second kappa shape index (κ2) is 7.25. The number of amides is 1. The molecular formula is C17H22N4O3. The van der Waals surface area contributed by atoms with E-state index >= 15 is 0 Å². The van der Waals surface area contributed by atoms with Crippen LogP contribution in [0.5, 0.6) is 0 Å². The van der Waals surface area contributed by atoms with E-state index in [0.717, 1.165) is 11.4 Å². The first-order chi connectivity index (χ1) is 11.3. The maximum atomic E-state index is 12.2. The third-order valence-corrected chi connectivity index (χ3v) is 3.87. The summed E-state index contributed by atoms with van der Waals surface area (Å²) in [6.45, 7) is 8.79. The summed E-state index contributed by atoms with van der Waals surface area (Å²) in [4.78, 5) is 22.7. The molecule has 2 rings (SSSR count). The molecule has 7 heteroatoms. The standard InChI is InChI=1S/C17H22N4O3/c1-11(10-20-14(4)7-13(3)19-20)9-18-17(22)15-6-5-12(2)16(8-15)21(23)24/h5-8,11H,9-10H2,1-4H3,(H,18,22)/t11-/m1/s1. The van der Waals surface area contributed by atoms with Gasteiger partial charge in [0.05, 0.1) is 10.6 Å². The fourth-order valence-corrected chi connectivity index (χ4v) is 2.54. The molecule has 0 bridgehead atoms. The minimum absolute atomic E-state index is 0.0432. The number of nitro groups is 1. The predicted molar refractivity (Wildman–Crippen MR) is 91.0 cm³/mol. The van der Waals surface area contributed by atoms with Crippen LogP contribution in [0.4, 0.5) is 5.69 Å². The molecule has 1 N–H and O–H groups in total. The number of carbonyl (C=O) groups excluding carboxylic acids is 1. The van der Waals surface area contributed by atoms with Crippen LogP contribution in [0.15, 0.2) is 24.3 Å². The summed E-state index contributed by atoms with van der Waals surface area (Å²) in [7, 11) is 0. The molecule has 128 valence electrons. The summed E-state index contributed by atoms with van der Waals surface area (Å²) in [6.07, 6.45) is 0. The molecule has 1 amide bonds. The Morgan fingerprint density at radius 2 is 2.04 bits per heavy atom. The minimum atomic E-state index is -0.475. The molecule has 1 atom stereocenters. The molecule has 24 heavy (non-hydrogen) atoms. The van der Waals surface area contributed by atoms with Gasteiger partial charge in [0.1, 0.15) is 0 Å². The number of aryl methyl sites for hydroxylation is 3. The highest BCUT2D eigenvalue weighted by molar-refractivity contribution is 5.94. The van der Waals surface area contributed by atoms with E-state index in [1.807, 2.05) is 31.5 Å². The average Bonchev–Trinajstić information content (AvgIpc) is 2.82. The molecule has 0 aliphatic rings. The Kier molecular flexibility index (Phi) is 5.33. The van der Waals surface area contributed by atoms with Gasteiger partial charge in [-0.05, 0) is 38.8 Å². The summed E-state index contributed by atoms with van der Waals surface area (Å²) in [5.74, 6) is -0.120. The molecule has 0 spiro atoms. The first-order valence-corrected chi connectivity index (χ1v) is 7.82. The molecule has 0 unspecified atom stereocenters. The zero-order chi connectivity index (χ0) is 17.9. The number of aromatic nitrogens is 2. The highest BCUT2D eigenvalue weighted by atomic mass is 16.6. The second-order valence-corrected chi connectivity index (χ2v) is 6.18. The van der Waals surface area contributed by atoms with Crippen LogP contribution in [0.3, 0.4) is 0 Å². The van der Waals surface area contributed by atoms with Crippen LogP contribution in [0, 0.1) is 36.8 Å². The molecule has 1 aromatic carbocycles. The lowest BCUT2D eigenvalue weighted by Crippen LogP contribution is -2.30. The first-order valence-electron chi connectivity index (χ1n) is 7.82. The van der Waals surface area contributed by atoms with Crippen LogP contribution in [0.1, 0.15) is 34.2 Å². The summed E-state index contributed by atoms with van der Waals surface area (Å²) < 4.78 is 1.92. The maximum Gasteiger partial charge on any atom is 0.273 e. The van der Waals surface area contributed by atoms with Crippen molar-refractivity contribution in [3.8, 4) is 0 Å². The van der Waals surface area contributed by atoms with Crippen molar-refractivity contribution < 1.29 is 9.72 Å². The fourth-order valence-electron chi connectivity index (χ4n) is 2.54. The van der Waals surface area contributed by atoms with Crippen LogP contribution in [-0.2, 0) is 6.54 Å². The third-order valence-electron chi connectivity index (χ3n) is 3.87. The molecule has 0 saturated carbocycles. The van der Waals surface area contributed by atoms with Crippen molar-refractivity contribution in [2.45, 2.75) is 34.2 Å². The average molecular weight is 330 g/mol. The number of hydrogen-bond acceptors (Lipinski definition) is 4. The van der Waals surface area contributed by atoms with E-state index in [0.29, 0.717) is 24.2 Å². The number of nitrogens with zero attached hydrogens (tertiary/aromatic N) is 3. The molecule has 0 saturated heterocycles. The van der Waals surface area contributed by atoms with Crippen molar-refractivity contribution in [1.82, 2.24) is 15.1 Å². The van der Waals surface area contributed by atoms with Gasteiger partial charge in [-0.1, -0.05) is 13.0 Å². The van der Waals surface area contributed by atoms with Gasteiger partial charge >= 0.3 is 0 Å². The Labute approximate surface area is 140 Å². The first kappa shape index (κ1) is 17.7. The van der Waals surface area contributed by atoms with Crippen LogP contribution in [0.2, 0.25) is 0 Å².